The molecule has 0 radical (unpaired) electrons. The fraction of sp³-hybridized carbons (Fsp3) is 0.264. The number of carbonyl (C=O) groups is 1. The van der Waals surface area contributed by atoms with E-state index in [9.17, 15) is 4.79 Å². The smallest absolute Gasteiger partial charge is 0.231 e. The Morgan fingerprint density at radius 3 is 1.31 bits per heavy atom. The van der Waals surface area contributed by atoms with Gasteiger partial charge in [-0.15, -0.1) is 11.3 Å². The molecule has 414 valence electrons. The Morgan fingerprint density at radius 2 is 0.815 bits per heavy atom. The van der Waals surface area contributed by atoms with Crippen LogP contribution in [0.3, 0.4) is 0 Å². The van der Waals surface area contributed by atoms with E-state index in [1.807, 2.05) is 18.2 Å². The maximum atomic E-state index is 12.0. The molecule has 8 aromatic rings. The zero-order valence-electron chi connectivity index (χ0n) is 47.8. The molecule has 2 aromatic heterocycles. The van der Waals surface area contributed by atoms with Crippen molar-refractivity contribution in [1.82, 2.24) is 8.75 Å². The quantitative estimate of drug-likeness (QED) is 0.0375. The number of fused-ring (bicyclic) bond motifs is 2. The van der Waals surface area contributed by atoms with Crippen LogP contribution >= 0.6 is 23.1 Å². The molecule has 1 aliphatic rings. The highest BCUT2D eigenvalue weighted by Crippen LogP contribution is 2.36. The van der Waals surface area contributed by atoms with Crippen LogP contribution in [-0.4, -0.2) is 35.0 Å². The van der Waals surface area contributed by atoms with Crippen molar-refractivity contribution in [3.8, 4) is 23.0 Å². The molecule has 0 aliphatic carbocycles. The normalized spacial score (nSPS) is 12.6. The molecular weight excluding hydrogens is 1040 g/mol. The van der Waals surface area contributed by atoms with Gasteiger partial charge >= 0.3 is 0 Å². The van der Waals surface area contributed by atoms with Gasteiger partial charge in [-0.1, -0.05) is 183 Å². The summed E-state index contributed by atoms with van der Waals surface area (Å²) in [6.45, 7) is 14.6. The zero-order valence-corrected chi connectivity index (χ0v) is 49.4. The van der Waals surface area contributed by atoms with Crippen molar-refractivity contribution in [3.63, 3.8) is 0 Å². The van der Waals surface area contributed by atoms with Crippen molar-refractivity contribution in [2.45, 2.75) is 106 Å². The summed E-state index contributed by atoms with van der Waals surface area (Å²) in [4.78, 5) is 14.3. The van der Waals surface area contributed by atoms with Crippen molar-refractivity contribution >= 4 is 113 Å². The molecule has 6 aromatic carbocycles. The molecule has 3 heterocycles. The Bertz CT molecular complexity index is 3630. The molecular formula is C72H74N2O5S2. The van der Waals surface area contributed by atoms with Crippen LogP contribution in [0.5, 0.6) is 23.0 Å². The summed E-state index contributed by atoms with van der Waals surface area (Å²) >= 11 is 2.98. The van der Waals surface area contributed by atoms with Crippen molar-refractivity contribution in [1.29, 1.82) is 0 Å². The fourth-order valence-electron chi connectivity index (χ4n) is 10.0. The maximum Gasteiger partial charge on any atom is 0.231 e. The van der Waals surface area contributed by atoms with E-state index in [0.29, 0.717) is 13.2 Å². The number of rotatable bonds is 27. The summed E-state index contributed by atoms with van der Waals surface area (Å²) in [5, 5.41) is 0. The first-order valence-corrected chi connectivity index (χ1v) is 30.5. The van der Waals surface area contributed by atoms with Crippen LogP contribution in [-0.2, 0) is 25.7 Å². The fourth-order valence-corrected chi connectivity index (χ4v) is 11.4. The molecule has 0 unspecified atom stereocenters. The third-order valence-corrected chi connectivity index (χ3v) is 15.7. The monoisotopic (exact) mass is 1110 g/mol. The summed E-state index contributed by atoms with van der Waals surface area (Å²) < 4.78 is 33.3. The molecule has 81 heavy (non-hydrogen) atoms. The van der Waals surface area contributed by atoms with Crippen molar-refractivity contribution in [2.75, 3.05) is 20.0 Å². The summed E-state index contributed by atoms with van der Waals surface area (Å²) in [5.74, 6) is 3.23. The van der Waals surface area contributed by atoms with Crippen LogP contribution in [0, 0.1) is 0 Å². The van der Waals surface area contributed by atoms with Gasteiger partial charge in [-0.2, -0.15) is 8.75 Å². The molecule has 0 fully saturated rings. The lowest BCUT2D eigenvalue weighted by molar-refractivity contribution is 0.112. The predicted molar refractivity (Wildman–Crippen MR) is 347 cm³/mol. The lowest BCUT2D eigenvalue weighted by atomic mass is 9.92. The number of ether oxygens (including phenoxy) is 4. The maximum absolute atomic E-state index is 12.0. The summed E-state index contributed by atoms with van der Waals surface area (Å²) in [6.07, 6.45) is 36.8. The number of aryl methyl sites for hydroxylation is 4. The van der Waals surface area contributed by atoms with Crippen molar-refractivity contribution in [3.05, 3.63) is 196 Å². The summed E-state index contributed by atoms with van der Waals surface area (Å²) in [6, 6.07) is 36.6. The molecule has 0 bridgehead atoms. The topological polar surface area (TPSA) is 79.8 Å². The number of nitrogens with zero attached hydrogens (tertiary/aromatic N) is 2. The number of carbonyl (C=O) groups excluding carboxylic acids is 1. The van der Waals surface area contributed by atoms with Crippen LogP contribution < -0.4 is 18.9 Å². The lowest BCUT2D eigenvalue weighted by Crippen LogP contribution is -2.01. The van der Waals surface area contributed by atoms with Crippen LogP contribution in [0.15, 0.2) is 103 Å². The van der Waals surface area contributed by atoms with Crippen LogP contribution in [0.1, 0.15) is 178 Å². The van der Waals surface area contributed by atoms with Gasteiger partial charge in [-0.05, 0) is 155 Å². The van der Waals surface area contributed by atoms with E-state index in [1.54, 1.807) is 11.3 Å². The number of hydrogen-bond donors (Lipinski definition) is 0. The van der Waals surface area contributed by atoms with Crippen LogP contribution in [0.25, 0.3) is 83.9 Å². The first-order chi connectivity index (χ1) is 39.8. The van der Waals surface area contributed by atoms with Crippen molar-refractivity contribution < 1.29 is 23.7 Å². The van der Waals surface area contributed by atoms with Gasteiger partial charge in [0.25, 0.3) is 0 Å². The minimum absolute atomic E-state index is 0.269. The summed E-state index contributed by atoms with van der Waals surface area (Å²) in [7, 11) is 0. The largest absolute Gasteiger partial charge is 0.493 e. The Balaban J connectivity index is 0.901. The molecule has 0 atom stereocenters. The molecule has 1 aliphatic heterocycles. The van der Waals surface area contributed by atoms with Crippen molar-refractivity contribution in [2.24, 2.45) is 0 Å². The van der Waals surface area contributed by atoms with E-state index in [2.05, 4.69) is 199 Å². The second kappa shape index (κ2) is 29.0. The van der Waals surface area contributed by atoms with Gasteiger partial charge in [0.1, 0.15) is 28.8 Å². The third kappa shape index (κ3) is 15.1. The van der Waals surface area contributed by atoms with Gasteiger partial charge in [-0.3, -0.25) is 4.79 Å². The van der Waals surface area contributed by atoms with Gasteiger partial charge in [0, 0.05) is 37.6 Å². The number of aldehydes is 1. The SMILES string of the molecule is CCCOc1cc(/C=C/c2ccc(/C=C/c3ccc4c(c3)OCO4)s2)c(OCCC)cc1/C=C/c1ccc(/C=C/c2cc(CCC)c(/C=C/c3ccc(/C=C/c4cc(CCC)c(C=O)cc4CCC)c4nsnc34)cc2CCC)cc1. The molecule has 0 saturated heterocycles. The van der Waals surface area contributed by atoms with Crippen LogP contribution in [0.4, 0.5) is 0 Å². The molecule has 0 spiro atoms. The zero-order chi connectivity index (χ0) is 56.3. The minimum Gasteiger partial charge on any atom is -0.493 e. The predicted octanol–water partition coefficient (Wildman–Crippen LogP) is 19.7. The van der Waals surface area contributed by atoms with Gasteiger partial charge in [-0.25, -0.2) is 0 Å². The molecule has 0 N–H and O–H groups in total. The first kappa shape index (κ1) is 57.8. The number of aromatic nitrogens is 2. The highest BCUT2D eigenvalue weighted by Gasteiger charge is 2.15. The molecule has 0 amide bonds. The molecule has 0 saturated carbocycles. The Labute approximate surface area is 488 Å². The summed E-state index contributed by atoms with van der Waals surface area (Å²) in [5.41, 5.74) is 18.6. The van der Waals surface area contributed by atoms with Gasteiger partial charge < -0.3 is 18.9 Å². The minimum atomic E-state index is 0.269. The standard InChI is InChI=1S/C72H74N2O5S2/c1-7-13-55-43-60(31-29-53-27-28-54(72-71(53)73-81-74-72)30-32-61-44-58(16-10-4)64(48-75)45-57(61)15-9-3)56(14-8-2)42-59(55)25-21-50-17-19-51(20-18-50)22-26-62-46-69(77-40-12-6)63(47-68(62)76-39-11-5)33-35-66-37-36-65(80-66)34-23-52-24-38-67-70(41-52)79-49-78-67/h17-38,41-48H,7-16,39-40,49H2,1-6H3/b25-21+,26-22+,31-29+,32-30+,34-23+,35-33+. The molecule has 9 heteroatoms. The van der Waals surface area contributed by atoms with Gasteiger partial charge in [0.2, 0.25) is 6.79 Å². The van der Waals surface area contributed by atoms with E-state index >= 15 is 0 Å². The van der Waals surface area contributed by atoms with E-state index in [4.69, 9.17) is 27.7 Å². The van der Waals surface area contributed by atoms with E-state index in [0.717, 1.165) is 170 Å². The van der Waals surface area contributed by atoms with Gasteiger partial charge in [0.15, 0.2) is 11.5 Å². The highest BCUT2D eigenvalue weighted by atomic mass is 32.1. The first-order valence-electron chi connectivity index (χ1n) is 28.9. The number of hydrogen-bond acceptors (Lipinski definition) is 9. The van der Waals surface area contributed by atoms with E-state index in [1.165, 1.54) is 39.5 Å². The molecule has 9 rings (SSSR count). The average Bonchev–Trinajstić information content (AvgIpc) is 4.41. The number of benzene rings is 6. The second-order valence-corrected chi connectivity index (χ2v) is 22.1. The Kier molecular flexibility index (Phi) is 20.7. The van der Waals surface area contributed by atoms with E-state index in [-0.39, 0.29) is 6.79 Å². The highest BCUT2D eigenvalue weighted by molar-refractivity contribution is 7.13. The van der Waals surface area contributed by atoms with E-state index < -0.39 is 0 Å². The second-order valence-electron chi connectivity index (χ2n) is 20.5. The van der Waals surface area contributed by atoms with Crippen LogP contribution in [0.2, 0.25) is 0 Å². The van der Waals surface area contributed by atoms with Gasteiger partial charge in [0.05, 0.1) is 24.9 Å². The number of thiophene rings is 1. The lowest BCUT2D eigenvalue weighted by Gasteiger charge is -2.15. The Hall–Kier alpha value is -7.85. The average molecular weight is 1110 g/mol. The molecule has 7 nitrogen and oxygen atoms in total. The Morgan fingerprint density at radius 1 is 0.407 bits per heavy atom. The third-order valence-electron chi connectivity index (χ3n) is 14.2.